The summed E-state index contributed by atoms with van der Waals surface area (Å²) < 4.78 is 0. The summed E-state index contributed by atoms with van der Waals surface area (Å²) in [5, 5.41) is 7.28. The first kappa shape index (κ1) is 17.2. The second-order valence-corrected chi connectivity index (χ2v) is 6.55. The Bertz CT molecular complexity index is 875. The second-order valence-electron chi connectivity index (χ2n) is 6.15. The fourth-order valence-electron chi connectivity index (χ4n) is 2.41. The van der Waals surface area contributed by atoms with Crippen LogP contribution < -0.4 is 10.6 Å². The molecule has 0 saturated heterocycles. The molecule has 3 rings (SSSR count). The van der Waals surface area contributed by atoms with Crippen LogP contribution in [0.2, 0.25) is 5.02 Å². The molecule has 0 spiro atoms. The van der Waals surface area contributed by atoms with Gasteiger partial charge in [0.25, 0.3) is 0 Å². The van der Waals surface area contributed by atoms with E-state index in [2.05, 4.69) is 51.8 Å². The number of halogens is 1. The molecular weight excluding hydrogens is 332 g/mol. The number of nitrogens with one attached hydrogen (secondary N) is 2. The van der Waals surface area contributed by atoms with Crippen molar-refractivity contribution in [3.05, 3.63) is 75.9 Å². The molecule has 0 saturated carbocycles. The Morgan fingerprint density at radius 3 is 2.40 bits per heavy atom. The number of hydrogen-bond donors (Lipinski definition) is 2. The highest BCUT2D eigenvalue weighted by Gasteiger charge is 2.05. The summed E-state index contributed by atoms with van der Waals surface area (Å²) in [6.45, 7) is 6.72. The van der Waals surface area contributed by atoms with Gasteiger partial charge in [-0.05, 0) is 44.0 Å². The predicted molar refractivity (Wildman–Crippen MR) is 105 cm³/mol. The van der Waals surface area contributed by atoms with Crippen LogP contribution in [0.25, 0.3) is 0 Å². The van der Waals surface area contributed by atoms with Crippen molar-refractivity contribution in [2.75, 3.05) is 10.6 Å². The Hall–Kier alpha value is -2.59. The molecule has 3 aromatic rings. The van der Waals surface area contributed by atoms with Gasteiger partial charge in [-0.3, -0.25) is 0 Å². The molecule has 0 atom stereocenters. The van der Waals surface area contributed by atoms with Crippen LogP contribution in [0.1, 0.15) is 22.4 Å². The normalized spacial score (nSPS) is 10.6. The molecule has 25 heavy (non-hydrogen) atoms. The number of aromatic nitrogens is 2. The van der Waals surface area contributed by atoms with Gasteiger partial charge in [0.2, 0.25) is 5.95 Å². The SMILES string of the molecule is Cc1ccc(CNc2cc(C)nc(Nc3ccc(C)c(Cl)c3)n2)cc1. The third-order valence-corrected chi connectivity index (χ3v) is 4.28. The number of anilines is 3. The summed E-state index contributed by atoms with van der Waals surface area (Å²) in [4.78, 5) is 8.98. The Balaban J connectivity index is 1.73. The van der Waals surface area contributed by atoms with Crippen LogP contribution in [-0.2, 0) is 6.54 Å². The van der Waals surface area contributed by atoms with E-state index in [9.17, 15) is 0 Å². The van der Waals surface area contributed by atoms with Crippen molar-refractivity contribution in [3.63, 3.8) is 0 Å². The van der Waals surface area contributed by atoms with E-state index >= 15 is 0 Å². The Morgan fingerprint density at radius 1 is 0.920 bits per heavy atom. The highest BCUT2D eigenvalue weighted by atomic mass is 35.5. The van der Waals surface area contributed by atoms with Gasteiger partial charge in [0.15, 0.2) is 0 Å². The molecule has 1 aromatic heterocycles. The summed E-state index contributed by atoms with van der Waals surface area (Å²) >= 11 is 6.18. The van der Waals surface area contributed by atoms with E-state index in [-0.39, 0.29) is 0 Å². The molecule has 5 heteroatoms. The van der Waals surface area contributed by atoms with Gasteiger partial charge in [0.05, 0.1) is 0 Å². The van der Waals surface area contributed by atoms with Crippen molar-refractivity contribution in [2.45, 2.75) is 27.3 Å². The minimum Gasteiger partial charge on any atom is -0.366 e. The zero-order valence-electron chi connectivity index (χ0n) is 14.6. The van der Waals surface area contributed by atoms with Gasteiger partial charge < -0.3 is 10.6 Å². The summed E-state index contributed by atoms with van der Waals surface area (Å²) in [6.07, 6.45) is 0. The number of hydrogen-bond acceptors (Lipinski definition) is 4. The largest absolute Gasteiger partial charge is 0.366 e. The van der Waals surface area contributed by atoms with Crippen LogP contribution in [-0.4, -0.2) is 9.97 Å². The van der Waals surface area contributed by atoms with E-state index in [1.54, 1.807) is 0 Å². The first-order valence-corrected chi connectivity index (χ1v) is 8.56. The van der Waals surface area contributed by atoms with Crippen LogP contribution in [0.3, 0.4) is 0 Å². The fourth-order valence-corrected chi connectivity index (χ4v) is 2.59. The Labute approximate surface area is 153 Å². The smallest absolute Gasteiger partial charge is 0.229 e. The van der Waals surface area contributed by atoms with Gasteiger partial charge in [-0.1, -0.05) is 47.5 Å². The van der Waals surface area contributed by atoms with Crippen molar-refractivity contribution < 1.29 is 0 Å². The summed E-state index contributed by atoms with van der Waals surface area (Å²) in [7, 11) is 0. The van der Waals surface area contributed by atoms with E-state index in [4.69, 9.17) is 11.6 Å². The molecule has 4 nitrogen and oxygen atoms in total. The molecule has 0 aliphatic carbocycles. The predicted octanol–water partition coefficient (Wildman–Crippen LogP) is 5.41. The molecule has 0 bridgehead atoms. The molecule has 0 fully saturated rings. The summed E-state index contributed by atoms with van der Waals surface area (Å²) in [6, 6.07) is 16.2. The van der Waals surface area contributed by atoms with Gasteiger partial charge in [-0.25, -0.2) is 4.98 Å². The quantitative estimate of drug-likeness (QED) is 0.644. The first-order valence-electron chi connectivity index (χ1n) is 8.18. The maximum atomic E-state index is 6.18. The number of nitrogens with zero attached hydrogens (tertiary/aromatic N) is 2. The van der Waals surface area contributed by atoms with Crippen LogP contribution in [0.15, 0.2) is 48.5 Å². The molecule has 128 valence electrons. The van der Waals surface area contributed by atoms with Gasteiger partial charge in [0.1, 0.15) is 5.82 Å². The fraction of sp³-hybridized carbons (Fsp3) is 0.200. The van der Waals surface area contributed by atoms with Crippen molar-refractivity contribution in [3.8, 4) is 0 Å². The van der Waals surface area contributed by atoms with Gasteiger partial charge >= 0.3 is 0 Å². The highest BCUT2D eigenvalue weighted by Crippen LogP contribution is 2.22. The lowest BCUT2D eigenvalue weighted by molar-refractivity contribution is 1.06. The van der Waals surface area contributed by atoms with Crippen molar-refractivity contribution >= 4 is 29.1 Å². The molecule has 0 unspecified atom stereocenters. The molecule has 0 aliphatic rings. The zero-order chi connectivity index (χ0) is 17.8. The van der Waals surface area contributed by atoms with E-state index in [0.717, 1.165) is 27.8 Å². The number of rotatable bonds is 5. The molecule has 0 amide bonds. The average Bonchev–Trinajstić information content (AvgIpc) is 2.57. The standard InChI is InChI=1S/C20H21ClN4/c1-13-4-7-16(8-5-13)12-22-19-10-15(3)23-20(25-19)24-17-9-6-14(2)18(21)11-17/h4-11H,12H2,1-3H3,(H2,22,23,24,25). The molecular formula is C20H21ClN4. The highest BCUT2D eigenvalue weighted by molar-refractivity contribution is 6.31. The number of benzene rings is 2. The van der Waals surface area contributed by atoms with Gasteiger partial charge in [-0.15, -0.1) is 0 Å². The number of aryl methyl sites for hydroxylation is 3. The molecule has 1 heterocycles. The van der Waals surface area contributed by atoms with Crippen molar-refractivity contribution in [1.29, 1.82) is 0 Å². The minimum absolute atomic E-state index is 0.548. The molecule has 2 aromatic carbocycles. The lowest BCUT2D eigenvalue weighted by Crippen LogP contribution is -2.05. The van der Waals surface area contributed by atoms with Crippen LogP contribution in [0, 0.1) is 20.8 Å². The third-order valence-electron chi connectivity index (χ3n) is 3.88. The maximum absolute atomic E-state index is 6.18. The van der Waals surface area contributed by atoms with Crippen LogP contribution in [0.4, 0.5) is 17.5 Å². The third kappa shape index (κ3) is 4.70. The van der Waals surface area contributed by atoms with E-state index in [1.807, 2.05) is 38.1 Å². The zero-order valence-corrected chi connectivity index (χ0v) is 15.4. The van der Waals surface area contributed by atoms with Gasteiger partial charge in [0, 0.05) is 29.0 Å². The lowest BCUT2D eigenvalue weighted by atomic mass is 10.1. The monoisotopic (exact) mass is 352 g/mol. The Morgan fingerprint density at radius 2 is 1.68 bits per heavy atom. The topological polar surface area (TPSA) is 49.8 Å². The minimum atomic E-state index is 0.548. The average molecular weight is 353 g/mol. The lowest BCUT2D eigenvalue weighted by Gasteiger charge is -2.11. The van der Waals surface area contributed by atoms with Crippen molar-refractivity contribution in [1.82, 2.24) is 9.97 Å². The Kier molecular flexibility index (Phi) is 5.19. The summed E-state index contributed by atoms with van der Waals surface area (Å²) in [5.74, 6) is 1.33. The van der Waals surface area contributed by atoms with Crippen LogP contribution in [0.5, 0.6) is 0 Å². The van der Waals surface area contributed by atoms with Gasteiger partial charge in [-0.2, -0.15) is 4.98 Å². The summed E-state index contributed by atoms with van der Waals surface area (Å²) in [5.41, 5.74) is 5.26. The molecule has 0 radical (unpaired) electrons. The first-order chi connectivity index (χ1) is 12.0. The van der Waals surface area contributed by atoms with E-state index < -0.39 is 0 Å². The molecule has 0 aliphatic heterocycles. The van der Waals surface area contributed by atoms with E-state index in [0.29, 0.717) is 12.5 Å². The van der Waals surface area contributed by atoms with Crippen molar-refractivity contribution in [2.24, 2.45) is 0 Å². The second kappa shape index (κ2) is 7.53. The van der Waals surface area contributed by atoms with Crippen LogP contribution >= 0.6 is 11.6 Å². The maximum Gasteiger partial charge on any atom is 0.229 e. The molecule has 2 N–H and O–H groups in total. The van der Waals surface area contributed by atoms with E-state index in [1.165, 1.54) is 11.1 Å².